The van der Waals surface area contributed by atoms with Gasteiger partial charge < -0.3 is 9.26 Å². The highest BCUT2D eigenvalue weighted by molar-refractivity contribution is 7.99. The molecule has 1 unspecified atom stereocenters. The Morgan fingerprint density at radius 1 is 1.33 bits per heavy atom. The Hall–Kier alpha value is -1.37. The van der Waals surface area contributed by atoms with Gasteiger partial charge in [0.1, 0.15) is 6.10 Å². The molecule has 1 aliphatic heterocycles. The molecule has 0 saturated carbocycles. The van der Waals surface area contributed by atoms with E-state index in [1.807, 2.05) is 17.8 Å². The molecule has 2 heterocycles. The highest BCUT2D eigenvalue weighted by Gasteiger charge is 2.25. The lowest BCUT2D eigenvalue weighted by molar-refractivity contribution is -0.0330. The molecule has 1 aromatic carbocycles. The highest BCUT2D eigenvalue weighted by Crippen LogP contribution is 2.21. The molecule has 0 spiro atoms. The van der Waals surface area contributed by atoms with Crippen LogP contribution in [0.3, 0.4) is 0 Å². The first kappa shape index (κ1) is 14.6. The Morgan fingerprint density at radius 3 is 2.95 bits per heavy atom. The maximum absolute atomic E-state index is 5.74. The second-order valence-electron chi connectivity index (χ2n) is 4.99. The van der Waals surface area contributed by atoms with Gasteiger partial charge in [-0.3, -0.25) is 4.90 Å². The van der Waals surface area contributed by atoms with E-state index >= 15 is 0 Å². The number of nitrogens with zero attached hydrogens (tertiary/aromatic N) is 3. The Kier molecular flexibility index (Phi) is 4.90. The van der Waals surface area contributed by atoms with Crippen LogP contribution in [0.2, 0.25) is 0 Å². The molecule has 1 atom stereocenters. The van der Waals surface area contributed by atoms with Crippen molar-refractivity contribution in [1.82, 2.24) is 15.0 Å². The minimum Gasteiger partial charge on any atom is -0.367 e. The second-order valence-corrected chi connectivity index (χ2v) is 6.16. The van der Waals surface area contributed by atoms with E-state index in [9.17, 15) is 0 Å². The summed E-state index contributed by atoms with van der Waals surface area (Å²) in [4.78, 5) is 7.98. The van der Waals surface area contributed by atoms with Crippen molar-refractivity contribution in [3.63, 3.8) is 0 Å². The number of aryl methyl sites for hydroxylation is 1. The number of hydrogen-bond donors (Lipinski definition) is 0. The van der Waals surface area contributed by atoms with Crippen LogP contribution in [0.15, 0.2) is 39.8 Å². The molecule has 0 aliphatic carbocycles. The van der Waals surface area contributed by atoms with E-state index in [0.717, 1.165) is 25.4 Å². The van der Waals surface area contributed by atoms with Gasteiger partial charge in [0.2, 0.25) is 11.7 Å². The van der Waals surface area contributed by atoms with Gasteiger partial charge in [0.05, 0.1) is 6.61 Å². The number of ether oxygens (including phenoxy) is 1. The molecule has 2 aromatic rings. The van der Waals surface area contributed by atoms with Gasteiger partial charge in [-0.25, -0.2) is 0 Å². The SMILES string of the molecule is Cc1nc(C2CN(CCSc3ccccc3)CCO2)no1. The van der Waals surface area contributed by atoms with Crippen LogP contribution in [0.5, 0.6) is 0 Å². The van der Waals surface area contributed by atoms with E-state index in [1.54, 1.807) is 6.92 Å². The summed E-state index contributed by atoms with van der Waals surface area (Å²) in [5, 5.41) is 3.96. The number of morpholine rings is 1. The number of benzene rings is 1. The zero-order valence-electron chi connectivity index (χ0n) is 12.1. The minimum absolute atomic E-state index is 0.0714. The summed E-state index contributed by atoms with van der Waals surface area (Å²) in [6, 6.07) is 10.5. The fraction of sp³-hybridized carbons (Fsp3) is 0.467. The summed E-state index contributed by atoms with van der Waals surface area (Å²) in [6.45, 7) is 5.34. The predicted molar refractivity (Wildman–Crippen MR) is 81.3 cm³/mol. The molecule has 3 rings (SSSR count). The fourth-order valence-corrected chi connectivity index (χ4v) is 3.25. The Bertz CT molecular complexity index is 561. The van der Waals surface area contributed by atoms with Crippen molar-refractivity contribution in [3.8, 4) is 0 Å². The van der Waals surface area contributed by atoms with E-state index < -0.39 is 0 Å². The van der Waals surface area contributed by atoms with Gasteiger partial charge in [-0.05, 0) is 12.1 Å². The van der Waals surface area contributed by atoms with Gasteiger partial charge in [-0.1, -0.05) is 23.4 Å². The van der Waals surface area contributed by atoms with Crippen LogP contribution in [0.4, 0.5) is 0 Å². The Morgan fingerprint density at radius 2 is 2.19 bits per heavy atom. The first-order valence-electron chi connectivity index (χ1n) is 7.13. The van der Waals surface area contributed by atoms with Crippen LogP contribution in [0, 0.1) is 6.92 Å². The van der Waals surface area contributed by atoms with Crippen molar-refractivity contribution in [2.45, 2.75) is 17.9 Å². The summed E-state index contributed by atoms with van der Waals surface area (Å²) in [5.41, 5.74) is 0. The molecular formula is C15H19N3O2S. The van der Waals surface area contributed by atoms with Gasteiger partial charge in [0.15, 0.2) is 0 Å². The average Bonchev–Trinajstić information content (AvgIpc) is 2.95. The number of hydrogen-bond acceptors (Lipinski definition) is 6. The molecule has 6 heteroatoms. The van der Waals surface area contributed by atoms with Crippen LogP contribution in [-0.2, 0) is 4.74 Å². The van der Waals surface area contributed by atoms with Gasteiger partial charge in [0.25, 0.3) is 0 Å². The maximum atomic E-state index is 5.74. The van der Waals surface area contributed by atoms with Crippen molar-refractivity contribution in [3.05, 3.63) is 42.0 Å². The van der Waals surface area contributed by atoms with Crippen LogP contribution in [0.1, 0.15) is 17.8 Å². The van der Waals surface area contributed by atoms with Crippen LogP contribution >= 0.6 is 11.8 Å². The molecular weight excluding hydrogens is 286 g/mol. The van der Waals surface area contributed by atoms with Gasteiger partial charge >= 0.3 is 0 Å². The van der Waals surface area contributed by atoms with Crippen molar-refractivity contribution < 1.29 is 9.26 Å². The molecule has 21 heavy (non-hydrogen) atoms. The van der Waals surface area contributed by atoms with Gasteiger partial charge in [0, 0.05) is 37.2 Å². The monoisotopic (exact) mass is 305 g/mol. The van der Waals surface area contributed by atoms with E-state index in [4.69, 9.17) is 9.26 Å². The number of thioether (sulfide) groups is 1. The molecule has 0 radical (unpaired) electrons. The van der Waals surface area contributed by atoms with E-state index in [2.05, 4.69) is 39.3 Å². The number of rotatable bonds is 5. The van der Waals surface area contributed by atoms with Crippen molar-refractivity contribution in [1.29, 1.82) is 0 Å². The molecule has 1 fully saturated rings. The molecule has 0 bridgehead atoms. The normalized spacial score (nSPS) is 19.8. The van der Waals surface area contributed by atoms with E-state index in [-0.39, 0.29) is 6.10 Å². The standard InChI is InChI=1S/C15H19N3O2S/c1-12-16-15(17-20-12)14-11-18(7-9-19-14)8-10-21-13-5-3-2-4-6-13/h2-6,14H,7-11H2,1H3. The highest BCUT2D eigenvalue weighted by atomic mass is 32.2. The second kappa shape index (κ2) is 7.06. The van der Waals surface area contributed by atoms with Crippen LogP contribution in [0.25, 0.3) is 0 Å². The van der Waals surface area contributed by atoms with Gasteiger partial charge in [-0.2, -0.15) is 4.98 Å². The first-order chi connectivity index (χ1) is 10.3. The summed E-state index contributed by atoms with van der Waals surface area (Å²) in [7, 11) is 0. The largest absolute Gasteiger partial charge is 0.367 e. The summed E-state index contributed by atoms with van der Waals surface area (Å²) < 4.78 is 10.8. The summed E-state index contributed by atoms with van der Waals surface area (Å²) in [5.74, 6) is 2.32. The Labute approximate surface area is 128 Å². The van der Waals surface area contributed by atoms with E-state index in [0.29, 0.717) is 18.3 Å². The third-order valence-electron chi connectivity index (χ3n) is 3.40. The lowest BCUT2D eigenvalue weighted by Gasteiger charge is -2.31. The van der Waals surface area contributed by atoms with Crippen LogP contribution < -0.4 is 0 Å². The topological polar surface area (TPSA) is 51.4 Å². The molecule has 5 nitrogen and oxygen atoms in total. The predicted octanol–water partition coefficient (Wildman–Crippen LogP) is 2.54. The van der Waals surface area contributed by atoms with Crippen molar-refractivity contribution in [2.24, 2.45) is 0 Å². The smallest absolute Gasteiger partial charge is 0.223 e. The first-order valence-corrected chi connectivity index (χ1v) is 8.12. The molecule has 1 saturated heterocycles. The third-order valence-corrected chi connectivity index (χ3v) is 4.39. The third kappa shape index (κ3) is 4.06. The quantitative estimate of drug-likeness (QED) is 0.791. The lowest BCUT2D eigenvalue weighted by Crippen LogP contribution is -2.39. The molecule has 1 aliphatic rings. The van der Waals surface area contributed by atoms with E-state index in [1.165, 1.54) is 4.90 Å². The number of aromatic nitrogens is 2. The van der Waals surface area contributed by atoms with Crippen molar-refractivity contribution >= 4 is 11.8 Å². The lowest BCUT2D eigenvalue weighted by atomic mass is 10.2. The molecule has 0 N–H and O–H groups in total. The molecule has 112 valence electrons. The van der Waals surface area contributed by atoms with Gasteiger partial charge in [-0.15, -0.1) is 11.8 Å². The van der Waals surface area contributed by atoms with Crippen molar-refractivity contribution in [2.75, 3.05) is 32.0 Å². The minimum atomic E-state index is -0.0714. The maximum Gasteiger partial charge on any atom is 0.223 e. The zero-order valence-corrected chi connectivity index (χ0v) is 12.9. The summed E-state index contributed by atoms with van der Waals surface area (Å²) in [6.07, 6.45) is -0.0714. The Balaban J connectivity index is 1.48. The molecule has 1 aromatic heterocycles. The summed E-state index contributed by atoms with van der Waals surface area (Å²) >= 11 is 1.88. The molecule has 0 amide bonds. The fourth-order valence-electron chi connectivity index (χ4n) is 2.32. The van der Waals surface area contributed by atoms with Crippen LogP contribution in [-0.4, -0.2) is 47.0 Å². The zero-order chi connectivity index (χ0) is 14.5. The average molecular weight is 305 g/mol.